The van der Waals surface area contributed by atoms with Crippen LogP contribution in [0.3, 0.4) is 0 Å². The largest absolute Gasteiger partial charge is 1.00 e. The van der Waals surface area contributed by atoms with Crippen molar-refractivity contribution in [2.45, 2.75) is 6.42 Å². The summed E-state index contributed by atoms with van der Waals surface area (Å²) in [5.74, 6) is 2.35. The van der Waals surface area contributed by atoms with E-state index in [0.717, 1.165) is 5.56 Å². The predicted molar refractivity (Wildman–Crippen MR) is 88.3 cm³/mol. The second-order valence-electron chi connectivity index (χ2n) is 4.53. The molecule has 0 aliphatic carbocycles. The number of H-pyrrole nitrogens is 1. The Bertz CT molecular complexity index is 706. The van der Waals surface area contributed by atoms with E-state index in [1.807, 2.05) is 12.1 Å². The van der Waals surface area contributed by atoms with Gasteiger partial charge in [-0.3, -0.25) is 0 Å². The number of rotatable bonds is 5. The number of ether oxygens (including phenoxy) is 3. The average Bonchev–Trinajstić information content (AvgIpc) is 2.49. The maximum Gasteiger partial charge on any atom is 1.00 e. The molecule has 0 amide bonds. The summed E-state index contributed by atoms with van der Waals surface area (Å²) >= 11 is 4.94. The minimum Gasteiger partial charge on any atom is -1.00 e. The molecule has 0 radical (unpaired) electrons. The van der Waals surface area contributed by atoms with Crippen LogP contribution in [0, 0.1) is 4.77 Å². The summed E-state index contributed by atoms with van der Waals surface area (Å²) in [5, 5.41) is 0. The summed E-state index contributed by atoms with van der Waals surface area (Å²) in [6.45, 7) is 0. The molecule has 2 aromatic rings. The Kier molecular flexibility index (Phi) is 7.78. The van der Waals surface area contributed by atoms with Crippen LogP contribution in [0.15, 0.2) is 12.1 Å². The van der Waals surface area contributed by atoms with E-state index in [0.29, 0.717) is 40.9 Å². The first-order chi connectivity index (χ1) is 10.5. The summed E-state index contributed by atoms with van der Waals surface area (Å²) in [6, 6.07) is 3.67. The van der Waals surface area contributed by atoms with Crippen LogP contribution in [-0.2, 0) is 6.42 Å². The second-order valence-corrected chi connectivity index (χ2v) is 4.92. The van der Waals surface area contributed by atoms with Gasteiger partial charge in [-0.2, -0.15) is 0 Å². The normalized spacial score (nSPS) is 9.87. The maximum atomic E-state index is 5.94. The maximum absolute atomic E-state index is 5.94. The van der Waals surface area contributed by atoms with Crippen molar-refractivity contribution >= 4 is 23.9 Å². The molecule has 1 heterocycles. The molecule has 0 bridgehead atoms. The molecule has 1 aromatic heterocycles. The molecule has 120 valence electrons. The van der Waals surface area contributed by atoms with Crippen molar-refractivity contribution in [1.82, 2.24) is 9.97 Å². The fourth-order valence-corrected chi connectivity index (χ4v) is 2.37. The second kappa shape index (κ2) is 8.85. The van der Waals surface area contributed by atoms with Gasteiger partial charge in [0.2, 0.25) is 5.75 Å². The van der Waals surface area contributed by atoms with Crippen molar-refractivity contribution in [3.63, 3.8) is 0 Å². The summed E-state index contributed by atoms with van der Waals surface area (Å²) in [4.78, 5) is 6.81. The summed E-state index contributed by atoms with van der Waals surface area (Å²) < 4.78 is 16.2. The molecule has 0 aliphatic heterocycles. The first-order valence-electron chi connectivity index (χ1n) is 6.43. The Hall–Kier alpha value is -0.844. The molecule has 23 heavy (non-hydrogen) atoms. The first kappa shape index (κ1) is 20.2. The number of nitrogens with one attached hydrogen (secondary N) is 1. The van der Waals surface area contributed by atoms with Crippen molar-refractivity contribution < 1.29 is 67.0 Å². The molecule has 0 atom stereocenters. The molecule has 0 fully saturated rings. The average molecular weight is 362 g/mol. The fourth-order valence-electron chi connectivity index (χ4n) is 2.16. The van der Waals surface area contributed by atoms with E-state index in [4.69, 9.17) is 37.9 Å². The molecule has 1 aromatic carbocycles. The van der Waals surface area contributed by atoms with Gasteiger partial charge in [0, 0.05) is 12.0 Å². The van der Waals surface area contributed by atoms with E-state index in [-0.39, 0.29) is 57.6 Å². The van der Waals surface area contributed by atoms with Crippen LogP contribution in [0.5, 0.6) is 17.2 Å². The molecule has 2 rings (SSSR count). The van der Waals surface area contributed by atoms with Gasteiger partial charge in [0.1, 0.15) is 11.6 Å². The van der Waals surface area contributed by atoms with E-state index < -0.39 is 0 Å². The van der Waals surface area contributed by atoms with E-state index >= 15 is 0 Å². The predicted octanol–water partition coefficient (Wildman–Crippen LogP) is -0.963. The molecule has 0 aliphatic rings. The molecule has 7 nitrogen and oxygen atoms in total. The van der Waals surface area contributed by atoms with Crippen LogP contribution >= 0.6 is 12.2 Å². The summed E-state index contributed by atoms with van der Waals surface area (Å²) in [6.07, 6.45) is 0.452. The fraction of sp³-hybridized carbons (Fsp3) is 0.286. The van der Waals surface area contributed by atoms with Crippen molar-refractivity contribution in [1.29, 1.82) is 0 Å². The number of hydrogen-bond acceptors (Lipinski definition) is 7. The van der Waals surface area contributed by atoms with Crippen LogP contribution in [-0.4, -0.2) is 31.3 Å². The van der Waals surface area contributed by atoms with Crippen LogP contribution in [0.2, 0.25) is 0 Å². The zero-order valence-corrected chi connectivity index (χ0v) is 17.5. The molecule has 0 saturated heterocycles. The van der Waals surface area contributed by atoms with E-state index in [2.05, 4.69) is 9.97 Å². The smallest absolute Gasteiger partial charge is 1.00 e. The van der Waals surface area contributed by atoms with Gasteiger partial charge >= 0.3 is 51.4 Å². The molecular weight excluding hydrogens is 343 g/mol. The van der Waals surface area contributed by atoms with E-state index in [1.54, 1.807) is 21.3 Å². The van der Waals surface area contributed by atoms with Gasteiger partial charge in [-0.1, -0.05) is 0 Å². The number of aromatic amines is 1. The number of aromatic nitrogens is 2. The minimum absolute atomic E-state index is 0. The monoisotopic (exact) mass is 362 g/mol. The standard InChI is InChI=1S/C14H18N4O3S.K.H/c1-19-9-5-7(6-10(20-2)11(9)21-3)4-8-12(15)17-14(22)18-13(8)16;;/h5-6H,4H2,1-3H3,(H5,15,16,17,18,22);;/q;+1;-1. The number of nitrogen functional groups attached to an aromatic ring is 2. The third-order valence-electron chi connectivity index (χ3n) is 3.20. The molecule has 0 unspecified atom stereocenters. The van der Waals surface area contributed by atoms with E-state index in [1.165, 1.54) is 0 Å². The minimum atomic E-state index is 0. The zero-order chi connectivity index (χ0) is 16.3. The number of anilines is 2. The Morgan fingerprint density at radius 2 is 1.70 bits per heavy atom. The van der Waals surface area contributed by atoms with Crippen molar-refractivity contribution in [3.8, 4) is 17.2 Å². The van der Waals surface area contributed by atoms with Gasteiger partial charge in [0.25, 0.3) is 0 Å². The third kappa shape index (κ3) is 4.58. The quantitative estimate of drug-likeness (QED) is 0.464. The Morgan fingerprint density at radius 3 is 2.13 bits per heavy atom. The number of benzene rings is 1. The van der Waals surface area contributed by atoms with Crippen LogP contribution in [0.1, 0.15) is 12.6 Å². The van der Waals surface area contributed by atoms with Gasteiger partial charge in [0.05, 0.1) is 21.3 Å². The van der Waals surface area contributed by atoms with Crippen LogP contribution in [0.4, 0.5) is 11.6 Å². The molecule has 0 spiro atoms. The number of nitrogens with two attached hydrogens (primary N) is 2. The third-order valence-corrected chi connectivity index (χ3v) is 3.40. The Balaban J connectivity index is 0.00000264. The SMILES string of the molecule is COc1cc(Cc2c(N)nc(=S)[nH]c2N)cc(OC)c1OC.[H-].[K+]. The zero-order valence-electron chi connectivity index (χ0n) is 14.6. The molecule has 5 N–H and O–H groups in total. The topological polar surface area (TPSA) is 108 Å². The Labute approximate surface area is 183 Å². The number of hydrogen-bond donors (Lipinski definition) is 3. The van der Waals surface area contributed by atoms with Crippen molar-refractivity contribution in [2.24, 2.45) is 0 Å². The Morgan fingerprint density at radius 1 is 1.13 bits per heavy atom. The number of nitrogens with zero attached hydrogens (tertiary/aromatic N) is 1. The van der Waals surface area contributed by atoms with E-state index in [9.17, 15) is 0 Å². The summed E-state index contributed by atoms with van der Waals surface area (Å²) in [7, 11) is 4.67. The first-order valence-corrected chi connectivity index (χ1v) is 6.84. The van der Waals surface area contributed by atoms with Crippen LogP contribution < -0.4 is 77.1 Å². The summed E-state index contributed by atoms with van der Waals surface area (Å²) in [5.41, 5.74) is 13.4. The van der Waals surface area contributed by atoms with Crippen molar-refractivity contribution in [2.75, 3.05) is 32.8 Å². The van der Waals surface area contributed by atoms with Gasteiger partial charge in [-0.15, -0.1) is 0 Å². The van der Waals surface area contributed by atoms with Crippen molar-refractivity contribution in [3.05, 3.63) is 28.0 Å². The number of methoxy groups -OCH3 is 3. The van der Waals surface area contributed by atoms with Crippen LogP contribution in [0.25, 0.3) is 0 Å². The van der Waals surface area contributed by atoms with Gasteiger partial charge < -0.3 is 32.1 Å². The van der Waals surface area contributed by atoms with Gasteiger partial charge in [-0.25, -0.2) is 4.98 Å². The van der Waals surface area contributed by atoms with Gasteiger partial charge in [-0.05, 0) is 29.9 Å². The molecular formula is C14H19KN4O3S. The molecule has 0 saturated carbocycles. The van der Waals surface area contributed by atoms with Gasteiger partial charge in [0.15, 0.2) is 16.3 Å². The molecule has 9 heteroatoms.